The van der Waals surface area contributed by atoms with E-state index in [-0.39, 0.29) is 15.2 Å². The molecule has 0 aromatic heterocycles. The number of allylic oxidation sites excluding steroid dienone is 1. The first kappa shape index (κ1) is 9.90. The minimum Gasteiger partial charge on any atom is -0.121 e. The fourth-order valence-electron chi connectivity index (χ4n) is 0.253. The third kappa shape index (κ3) is 5.35. The number of alkyl halides is 2. The molecule has 0 nitrogen and oxygen atoms in total. The van der Waals surface area contributed by atoms with Gasteiger partial charge in [0.05, 0.1) is 10.8 Å². The Labute approximate surface area is 74.7 Å². The normalized spacial score (nSPS) is 16.6. The summed E-state index contributed by atoms with van der Waals surface area (Å²) >= 11 is 21.8. The second-order valence-corrected chi connectivity index (χ2v) is 3.78. The second kappa shape index (κ2) is 4.68. The van der Waals surface area contributed by atoms with E-state index in [1.807, 2.05) is 0 Å². The molecule has 9 heavy (non-hydrogen) atoms. The molecule has 0 amide bonds. The maximum atomic E-state index is 5.63. The van der Waals surface area contributed by atoms with Crippen molar-refractivity contribution in [1.29, 1.82) is 0 Å². The molecule has 0 aromatic rings. The number of rotatable bonds is 2. The highest BCUT2D eigenvalue weighted by Gasteiger charge is 2.07. The van der Waals surface area contributed by atoms with Gasteiger partial charge >= 0.3 is 0 Å². The predicted octanol–water partition coefficient (Wildman–Crippen LogP) is 3.54. The highest BCUT2D eigenvalue weighted by Crippen LogP contribution is 2.16. The van der Waals surface area contributed by atoms with Crippen molar-refractivity contribution in [3.8, 4) is 0 Å². The molecule has 0 heterocycles. The first-order chi connectivity index (χ1) is 4.04. The van der Waals surface area contributed by atoms with Crippen LogP contribution >= 0.6 is 46.4 Å². The molecule has 2 unspecified atom stereocenters. The van der Waals surface area contributed by atoms with Gasteiger partial charge in [-0.3, -0.25) is 0 Å². The lowest BCUT2D eigenvalue weighted by Gasteiger charge is -2.03. The largest absolute Gasteiger partial charge is 0.121 e. The highest BCUT2D eigenvalue weighted by atomic mass is 35.5. The number of hydrogen-bond donors (Lipinski definition) is 0. The van der Waals surface area contributed by atoms with Gasteiger partial charge in [0.15, 0.2) is 0 Å². The fourth-order valence-corrected chi connectivity index (χ4v) is 0.852. The molecule has 0 bridgehead atoms. The first-order valence-electron chi connectivity index (χ1n) is 2.35. The van der Waals surface area contributed by atoms with Crippen LogP contribution in [0.15, 0.2) is 10.6 Å². The van der Waals surface area contributed by atoms with Gasteiger partial charge in [-0.25, -0.2) is 0 Å². The molecule has 2 atom stereocenters. The van der Waals surface area contributed by atoms with Gasteiger partial charge in [0, 0.05) is 0 Å². The van der Waals surface area contributed by atoms with Crippen LogP contribution in [0, 0.1) is 0 Å². The third-order valence-electron chi connectivity index (χ3n) is 0.724. The quantitative estimate of drug-likeness (QED) is 0.608. The Morgan fingerprint density at radius 2 is 1.78 bits per heavy atom. The lowest BCUT2D eigenvalue weighted by Crippen LogP contribution is -2.06. The van der Waals surface area contributed by atoms with Crippen LogP contribution in [0.1, 0.15) is 6.92 Å². The number of hydrogen-bond acceptors (Lipinski definition) is 0. The summed E-state index contributed by atoms with van der Waals surface area (Å²) in [5.41, 5.74) is 0. The zero-order valence-corrected chi connectivity index (χ0v) is 7.77. The topological polar surface area (TPSA) is 0 Å². The summed E-state index contributed by atoms with van der Waals surface area (Å²) in [5.74, 6) is 0. The molecule has 0 fully saturated rings. The van der Waals surface area contributed by atoms with Crippen molar-refractivity contribution >= 4 is 46.4 Å². The van der Waals surface area contributed by atoms with Gasteiger partial charge in [-0.2, -0.15) is 0 Å². The molecular weight excluding hydrogens is 202 g/mol. The van der Waals surface area contributed by atoms with Gasteiger partial charge in [0.25, 0.3) is 0 Å². The number of halogens is 4. The van der Waals surface area contributed by atoms with Gasteiger partial charge in [-0.15, -0.1) is 23.2 Å². The van der Waals surface area contributed by atoms with Gasteiger partial charge < -0.3 is 0 Å². The summed E-state index contributed by atoms with van der Waals surface area (Å²) in [5, 5.41) is -0.448. The molecule has 4 heteroatoms. The van der Waals surface area contributed by atoms with E-state index in [0.717, 1.165) is 0 Å². The zero-order chi connectivity index (χ0) is 7.44. The molecule has 0 aliphatic carbocycles. The molecule has 0 spiro atoms. The van der Waals surface area contributed by atoms with Crippen molar-refractivity contribution in [2.45, 2.75) is 17.7 Å². The van der Waals surface area contributed by atoms with Crippen LogP contribution in [0.4, 0.5) is 0 Å². The Morgan fingerprint density at radius 3 is 1.89 bits per heavy atom. The minimum absolute atomic E-state index is 0.154. The second-order valence-electron chi connectivity index (χ2n) is 1.58. The monoisotopic (exact) mass is 206 g/mol. The average molecular weight is 208 g/mol. The lowest BCUT2D eigenvalue weighted by molar-refractivity contribution is 0.976. The lowest BCUT2D eigenvalue weighted by atomic mass is 10.3. The van der Waals surface area contributed by atoms with E-state index >= 15 is 0 Å². The molecule has 0 aromatic carbocycles. The molecule has 54 valence electrons. The molecule has 0 aliphatic heterocycles. The van der Waals surface area contributed by atoms with E-state index in [1.54, 1.807) is 6.92 Å². The van der Waals surface area contributed by atoms with Crippen LogP contribution < -0.4 is 0 Å². The maximum Gasteiger partial charge on any atom is 0.104 e. The Balaban J connectivity index is 3.76. The van der Waals surface area contributed by atoms with Crippen LogP contribution in [0.5, 0.6) is 0 Å². The molecule has 0 N–H and O–H groups in total. The Kier molecular flexibility index (Phi) is 5.14. The van der Waals surface area contributed by atoms with Crippen molar-refractivity contribution in [2.75, 3.05) is 0 Å². The summed E-state index contributed by atoms with van der Waals surface area (Å²) in [7, 11) is 0. The van der Waals surface area contributed by atoms with Crippen LogP contribution in [0.25, 0.3) is 0 Å². The van der Waals surface area contributed by atoms with Crippen LogP contribution in [0.2, 0.25) is 0 Å². The van der Waals surface area contributed by atoms with Crippen LogP contribution in [-0.4, -0.2) is 10.8 Å². The summed E-state index contributed by atoms with van der Waals surface area (Å²) < 4.78 is 0.155. The van der Waals surface area contributed by atoms with Gasteiger partial charge in [-0.1, -0.05) is 23.2 Å². The van der Waals surface area contributed by atoms with Crippen molar-refractivity contribution in [3.05, 3.63) is 10.6 Å². The Morgan fingerprint density at radius 1 is 1.33 bits per heavy atom. The average Bonchev–Trinajstić information content (AvgIpc) is 1.63. The first-order valence-corrected chi connectivity index (χ1v) is 3.98. The molecule has 0 saturated carbocycles. The molecule has 0 aliphatic rings. The molecule has 0 radical (unpaired) electrons. The maximum absolute atomic E-state index is 5.63. The SMILES string of the molecule is CC(Cl)C(Cl)C=C(Cl)Cl. The smallest absolute Gasteiger partial charge is 0.104 e. The molecular formula is C5H6Cl4. The minimum atomic E-state index is -0.295. The van der Waals surface area contributed by atoms with Crippen molar-refractivity contribution in [2.24, 2.45) is 0 Å². The van der Waals surface area contributed by atoms with E-state index in [0.29, 0.717) is 0 Å². The Bertz CT molecular complexity index is 104. The summed E-state index contributed by atoms with van der Waals surface area (Å²) in [4.78, 5) is 0. The van der Waals surface area contributed by atoms with Crippen molar-refractivity contribution in [3.63, 3.8) is 0 Å². The van der Waals surface area contributed by atoms with Gasteiger partial charge in [-0.05, 0) is 13.0 Å². The van der Waals surface area contributed by atoms with E-state index in [2.05, 4.69) is 0 Å². The third-order valence-corrected chi connectivity index (χ3v) is 1.88. The zero-order valence-electron chi connectivity index (χ0n) is 4.74. The van der Waals surface area contributed by atoms with E-state index in [1.165, 1.54) is 6.08 Å². The standard InChI is InChI=1S/C5H6Cl4/c1-3(6)4(7)2-5(8)9/h2-4H,1H3. The van der Waals surface area contributed by atoms with E-state index in [9.17, 15) is 0 Å². The summed E-state index contributed by atoms with van der Waals surface area (Å²) in [6, 6.07) is 0. The van der Waals surface area contributed by atoms with Crippen molar-refractivity contribution < 1.29 is 0 Å². The summed E-state index contributed by atoms with van der Waals surface area (Å²) in [6.07, 6.45) is 1.49. The Hall–Kier alpha value is 0.900. The van der Waals surface area contributed by atoms with Crippen LogP contribution in [-0.2, 0) is 0 Å². The van der Waals surface area contributed by atoms with E-state index < -0.39 is 0 Å². The predicted molar refractivity (Wildman–Crippen MR) is 44.7 cm³/mol. The molecule has 0 rings (SSSR count). The molecule has 0 saturated heterocycles. The van der Waals surface area contributed by atoms with Crippen LogP contribution in [0.3, 0.4) is 0 Å². The fraction of sp³-hybridized carbons (Fsp3) is 0.600. The van der Waals surface area contributed by atoms with E-state index in [4.69, 9.17) is 46.4 Å². The van der Waals surface area contributed by atoms with Gasteiger partial charge in [0.1, 0.15) is 4.49 Å². The highest BCUT2D eigenvalue weighted by molar-refractivity contribution is 6.56. The summed E-state index contributed by atoms with van der Waals surface area (Å²) in [6.45, 7) is 1.77. The van der Waals surface area contributed by atoms with Gasteiger partial charge in [0.2, 0.25) is 0 Å². The van der Waals surface area contributed by atoms with Crippen molar-refractivity contribution in [1.82, 2.24) is 0 Å².